The largest absolute Gasteiger partial charge is 0.497 e. The molecule has 0 bridgehead atoms. The predicted octanol–water partition coefficient (Wildman–Crippen LogP) is 3.63. The lowest BCUT2D eigenvalue weighted by molar-refractivity contribution is 0.403. The lowest BCUT2D eigenvalue weighted by Gasteiger charge is -2.28. The number of rotatable bonds is 8. The number of methoxy groups -OCH3 is 2. The summed E-state index contributed by atoms with van der Waals surface area (Å²) < 4.78 is 10.7. The first-order valence-corrected chi connectivity index (χ1v) is 11.0. The van der Waals surface area contributed by atoms with E-state index in [1.807, 2.05) is 86.5 Å². The van der Waals surface area contributed by atoms with Crippen LogP contribution in [0.1, 0.15) is 6.42 Å². The fraction of sp³-hybridized carbons (Fsp3) is 0.440. The second-order valence-electron chi connectivity index (χ2n) is 8.27. The van der Waals surface area contributed by atoms with Gasteiger partial charge >= 0.3 is 0 Å². The first kappa shape index (κ1) is 26.0. The molecular weight excluding hydrogens is 416 g/mol. The minimum atomic E-state index is 0.612. The number of benzene rings is 2. The van der Waals surface area contributed by atoms with Crippen molar-refractivity contribution in [2.75, 3.05) is 74.5 Å². The highest BCUT2D eigenvalue weighted by atomic mass is 16.5. The van der Waals surface area contributed by atoms with Crippen molar-refractivity contribution >= 4 is 23.3 Å². The van der Waals surface area contributed by atoms with Crippen molar-refractivity contribution in [2.24, 2.45) is 9.98 Å². The molecule has 0 heterocycles. The zero-order chi connectivity index (χ0) is 24.4. The molecule has 0 aliphatic rings. The molecule has 33 heavy (non-hydrogen) atoms. The summed E-state index contributed by atoms with van der Waals surface area (Å²) in [7, 11) is 15.4. The van der Waals surface area contributed by atoms with Crippen LogP contribution in [0.5, 0.6) is 11.5 Å². The molecule has 0 aliphatic heterocycles. The Labute approximate surface area is 198 Å². The van der Waals surface area contributed by atoms with Gasteiger partial charge in [0.05, 0.1) is 14.2 Å². The summed E-state index contributed by atoms with van der Waals surface area (Å²) in [5.41, 5.74) is 1.88. The maximum absolute atomic E-state index is 5.36. The van der Waals surface area contributed by atoms with E-state index in [2.05, 4.69) is 23.9 Å². The Morgan fingerprint density at radius 3 is 1.55 bits per heavy atom. The summed E-state index contributed by atoms with van der Waals surface area (Å²) in [5.74, 6) is 3.00. The van der Waals surface area contributed by atoms with E-state index >= 15 is 0 Å². The number of nitrogens with zero attached hydrogens (tertiary/aromatic N) is 6. The molecule has 0 spiro atoms. The van der Waals surface area contributed by atoms with Gasteiger partial charge in [-0.1, -0.05) is 0 Å². The van der Waals surface area contributed by atoms with Crippen LogP contribution in [-0.4, -0.2) is 96.2 Å². The minimum Gasteiger partial charge on any atom is -0.497 e. The Bertz CT molecular complexity index is 848. The second-order valence-corrected chi connectivity index (χ2v) is 8.27. The number of hydrogen-bond acceptors (Lipinski definition) is 4. The van der Waals surface area contributed by atoms with Gasteiger partial charge < -0.3 is 24.2 Å². The molecule has 2 aromatic carbocycles. The average Bonchev–Trinajstić information content (AvgIpc) is 2.80. The quantitative estimate of drug-likeness (QED) is 0.345. The number of anilines is 2. The maximum Gasteiger partial charge on any atom is 0.233 e. The molecule has 180 valence electrons. The molecule has 2 rings (SSSR count). The van der Waals surface area contributed by atoms with Crippen LogP contribution in [0, 0.1) is 0 Å². The van der Waals surface area contributed by atoms with Crippen molar-refractivity contribution in [3.8, 4) is 11.5 Å². The molecule has 0 saturated heterocycles. The van der Waals surface area contributed by atoms with Crippen molar-refractivity contribution in [1.82, 2.24) is 14.7 Å². The Kier molecular flexibility index (Phi) is 10.00. The molecule has 0 N–H and O–H groups in total. The smallest absolute Gasteiger partial charge is 0.233 e. The van der Waals surface area contributed by atoms with Crippen LogP contribution in [-0.2, 0) is 0 Å². The first-order chi connectivity index (χ1) is 15.8. The topological polar surface area (TPSA) is 56.1 Å². The van der Waals surface area contributed by atoms with Crippen LogP contribution in [0.4, 0.5) is 11.4 Å². The third-order valence-electron chi connectivity index (χ3n) is 4.88. The van der Waals surface area contributed by atoms with Gasteiger partial charge in [-0.05, 0) is 75.6 Å². The number of aliphatic imine (C=N–C) groups is 2. The molecule has 0 unspecified atom stereocenters. The summed E-state index contributed by atoms with van der Waals surface area (Å²) in [6.45, 7) is 1.62. The normalized spacial score (nSPS) is 11.2. The Morgan fingerprint density at radius 2 is 1.18 bits per heavy atom. The lowest BCUT2D eigenvalue weighted by atomic mass is 10.2. The van der Waals surface area contributed by atoms with Crippen LogP contribution in [0.25, 0.3) is 0 Å². The average molecular weight is 455 g/mol. The van der Waals surface area contributed by atoms with Gasteiger partial charge in [0.2, 0.25) is 11.9 Å². The Hall–Kier alpha value is -3.26. The van der Waals surface area contributed by atoms with Gasteiger partial charge in [-0.25, -0.2) is 0 Å². The van der Waals surface area contributed by atoms with Gasteiger partial charge in [0, 0.05) is 46.1 Å². The highest BCUT2D eigenvalue weighted by Gasteiger charge is 2.19. The second kappa shape index (κ2) is 12.7. The van der Waals surface area contributed by atoms with Crippen LogP contribution in [0.3, 0.4) is 0 Å². The lowest BCUT2D eigenvalue weighted by Crippen LogP contribution is -2.38. The highest BCUT2D eigenvalue weighted by molar-refractivity contribution is 6.08. The number of ether oxygens (including phenoxy) is 2. The maximum atomic E-state index is 5.36. The van der Waals surface area contributed by atoms with E-state index in [0.717, 1.165) is 41.8 Å². The monoisotopic (exact) mass is 454 g/mol. The van der Waals surface area contributed by atoms with E-state index in [9.17, 15) is 0 Å². The zero-order valence-electron chi connectivity index (χ0n) is 21.2. The molecule has 0 aromatic heterocycles. The summed E-state index contributed by atoms with van der Waals surface area (Å²) in [6, 6.07) is 15.8. The molecular formula is C25H38N6O2. The fourth-order valence-corrected chi connectivity index (χ4v) is 3.25. The first-order valence-electron chi connectivity index (χ1n) is 11.0. The summed E-state index contributed by atoms with van der Waals surface area (Å²) >= 11 is 0. The minimum absolute atomic E-state index is 0.612. The summed E-state index contributed by atoms with van der Waals surface area (Å²) in [5, 5.41) is 0. The van der Waals surface area contributed by atoms with Crippen molar-refractivity contribution in [3.63, 3.8) is 0 Å². The van der Waals surface area contributed by atoms with E-state index in [-0.39, 0.29) is 0 Å². The molecule has 0 amide bonds. The van der Waals surface area contributed by atoms with Gasteiger partial charge in [-0.15, -0.1) is 0 Å². The van der Waals surface area contributed by atoms with Gasteiger partial charge in [-0.3, -0.25) is 9.89 Å². The molecule has 2 aromatic rings. The molecule has 0 fully saturated rings. The number of hydrogen-bond donors (Lipinski definition) is 0. The predicted molar refractivity (Wildman–Crippen MR) is 138 cm³/mol. The summed E-state index contributed by atoms with van der Waals surface area (Å²) in [4.78, 5) is 18.1. The number of guanidine groups is 2. The summed E-state index contributed by atoms with van der Waals surface area (Å²) in [6.07, 6.45) is 0.935. The van der Waals surface area contributed by atoms with E-state index in [4.69, 9.17) is 19.5 Å². The van der Waals surface area contributed by atoms with Crippen molar-refractivity contribution in [3.05, 3.63) is 48.5 Å². The van der Waals surface area contributed by atoms with E-state index < -0.39 is 0 Å². The molecule has 0 radical (unpaired) electrons. The van der Waals surface area contributed by atoms with E-state index in [1.165, 1.54) is 0 Å². The van der Waals surface area contributed by atoms with Crippen LogP contribution < -0.4 is 14.4 Å². The van der Waals surface area contributed by atoms with Crippen molar-refractivity contribution < 1.29 is 9.47 Å². The third kappa shape index (κ3) is 7.68. The fourth-order valence-electron chi connectivity index (χ4n) is 3.25. The SMILES string of the molecule is COc1ccc(N(C(N=C(N(C)C)N(C)C)=NCCCN(C)C)c2ccc(OC)cc2)cc1. The van der Waals surface area contributed by atoms with Gasteiger partial charge in [0.15, 0.2) is 0 Å². The highest BCUT2D eigenvalue weighted by Crippen LogP contribution is 2.30. The molecule has 0 aliphatic carbocycles. The Balaban J connectivity index is 2.62. The van der Waals surface area contributed by atoms with E-state index in [1.54, 1.807) is 14.2 Å². The molecule has 0 atom stereocenters. The third-order valence-corrected chi connectivity index (χ3v) is 4.88. The van der Waals surface area contributed by atoms with Gasteiger partial charge in [0.1, 0.15) is 11.5 Å². The van der Waals surface area contributed by atoms with Crippen LogP contribution >= 0.6 is 0 Å². The molecule has 8 nitrogen and oxygen atoms in total. The van der Waals surface area contributed by atoms with Crippen molar-refractivity contribution in [2.45, 2.75) is 6.42 Å². The van der Waals surface area contributed by atoms with Gasteiger partial charge in [-0.2, -0.15) is 4.99 Å². The van der Waals surface area contributed by atoms with Crippen LogP contribution in [0.15, 0.2) is 58.5 Å². The Morgan fingerprint density at radius 1 is 0.727 bits per heavy atom. The standard InChI is InChI=1S/C25H38N6O2/c1-28(2)19-9-18-26-24(27-25(29(3)4)30(5)6)31(20-10-14-22(32-7)15-11-20)21-12-16-23(33-8)17-13-21/h10-17H,9,18-19H2,1-8H3. The molecule has 0 saturated carbocycles. The van der Waals surface area contributed by atoms with Crippen molar-refractivity contribution in [1.29, 1.82) is 0 Å². The van der Waals surface area contributed by atoms with Gasteiger partial charge in [0.25, 0.3) is 0 Å². The van der Waals surface area contributed by atoms with Crippen LogP contribution in [0.2, 0.25) is 0 Å². The molecule has 8 heteroatoms. The van der Waals surface area contributed by atoms with E-state index in [0.29, 0.717) is 12.5 Å². The zero-order valence-corrected chi connectivity index (χ0v) is 21.2.